The van der Waals surface area contributed by atoms with E-state index in [1.165, 1.54) is 49.6 Å². The van der Waals surface area contributed by atoms with Crippen molar-refractivity contribution in [3.05, 3.63) is 121 Å². The summed E-state index contributed by atoms with van der Waals surface area (Å²) in [7, 11) is 1.32. The van der Waals surface area contributed by atoms with Crippen LogP contribution in [0.5, 0.6) is 11.5 Å². The smallest absolute Gasteiger partial charge is 0.417 e. The van der Waals surface area contributed by atoms with Gasteiger partial charge in [-0.2, -0.15) is 18.2 Å². The number of carbonyl (C=O) groups excluding carboxylic acids is 4. The molecule has 2 aliphatic carbocycles. The fourth-order valence-electron chi connectivity index (χ4n) is 9.13. The second kappa shape index (κ2) is 14.1. The molecule has 3 heterocycles. The number of amides is 4. The number of anilines is 2. The number of carbonyl (C=O) groups is 5. The molecular formula is C40H28BrCl2F3N4O8. The molecule has 0 bridgehead atoms. The van der Waals surface area contributed by atoms with Gasteiger partial charge in [-0.05, 0) is 72.9 Å². The molecule has 0 spiro atoms. The number of aromatic carboxylic acids is 1. The fourth-order valence-corrected chi connectivity index (χ4v) is 9.92. The van der Waals surface area contributed by atoms with Crippen molar-refractivity contribution in [3.63, 3.8) is 0 Å². The lowest BCUT2D eigenvalue weighted by Crippen LogP contribution is -2.53. The molecule has 1 aromatic heterocycles. The highest BCUT2D eigenvalue weighted by Gasteiger charge is 2.71. The molecule has 1 saturated carbocycles. The molecule has 298 valence electrons. The number of nitrogens with one attached hydrogen (secondary N) is 1. The van der Waals surface area contributed by atoms with Gasteiger partial charge in [-0.3, -0.25) is 29.5 Å². The van der Waals surface area contributed by atoms with Crippen LogP contribution in [-0.4, -0.2) is 56.9 Å². The van der Waals surface area contributed by atoms with Gasteiger partial charge in [0.15, 0.2) is 17.3 Å². The molecule has 58 heavy (non-hydrogen) atoms. The van der Waals surface area contributed by atoms with Gasteiger partial charge in [-0.25, -0.2) is 9.78 Å². The van der Waals surface area contributed by atoms with E-state index < -0.39 is 87.2 Å². The maximum atomic E-state index is 15.4. The topological polar surface area (TPSA) is 166 Å². The minimum atomic E-state index is -4.79. The van der Waals surface area contributed by atoms with Crippen molar-refractivity contribution in [2.45, 2.75) is 30.4 Å². The van der Waals surface area contributed by atoms with E-state index in [1.54, 1.807) is 24.3 Å². The van der Waals surface area contributed by atoms with E-state index in [1.807, 2.05) is 0 Å². The zero-order chi connectivity index (χ0) is 41.6. The number of phenolic OH excluding ortho intramolecular Hbond substituents is 1. The van der Waals surface area contributed by atoms with Crippen LogP contribution in [0.2, 0.25) is 10.0 Å². The molecule has 0 radical (unpaired) electrons. The van der Waals surface area contributed by atoms with Gasteiger partial charge in [-0.15, -0.1) is 0 Å². The summed E-state index contributed by atoms with van der Waals surface area (Å²) in [6.07, 6.45) is -2.73. The number of ether oxygens (including phenoxy) is 1. The van der Waals surface area contributed by atoms with E-state index in [-0.39, 0.29) is 46.7 Å². The third-order valence-electron chi connectivity index (χ3n) is 11.5. The predicted molar refractivity (Wildman–Crippen MR) is 205 cm³/mol. The Morgan fingerprint density at radius 2 is 1.72 bits per heavy atom. The highest BCUT2D eigenvalue weighted by atomic mass is 79.9. The first-order valence-corrected chi connectivity index (χ1v) is 19.1. The molecule has 18 heteroatoms. The Balaban J connectivity index is 1.33. The first-order valence-electron chi connectivity index (χ1n) is 17.6. The van der Waals surface area contributed by atoms with Gasteiger partial charge < -0.3 is 14.9 Å². The van der Waals surface area contributed by atoms with Crippen LogP contribution in [0.3, 0.4) is 0 Å². The van der Waals surface area contributed by atoms with Crippen molar-refractivity contribution in [2.24, 2.45) is 23.7 Å². The Hall–Kier alpha value is -5.45. The Labute approximate surface area is 345 Å². The number of hydrogen-bond acceptors (Lipinski definition) is 9. The van der Waals surface area contributed by atoms with E-state index in [2.05, 4.69) is 26.3 Å². The standard InChI is InChI=1S/C40H28BrCl2F3N4O8/c1-58-29-14-20(41)13-26(32(29)51)31-23-9-10-24-30(36(54)49(34(24)52)22-4-2-3-17(11-22)37(55)56)25(23)15-27-35(53)50(38(57)39(27,31)18-5-7-21(42)8-6-18)48-33-28(43)12-19(16-47-33)40(44,45)46/h2-9,11-14,16,24-25,27,30-31,51H,10,15H2,1H3,(H,47,48)(H,55,56)/t24-,25+,27-,30-,31+,39+/m0/s1. The molecule has 3 aromatic carbocycles. The number of imide groups is 2. The summed E-state index contributed by atoms with van der Waals surface area (Å²) in [5.41, 5.74) is 0.224. The van der Waals surface area contributed by atoms with Crippen LogP contribution in [-0.2, 0) is 30.8 Å². The van der Waals surface area contributed by atoms with Crippen LogP contribution < -0.4 is 15.1 Å². The van der Waals surface area contributed by atoms with Gasteiger partial charge in [0.2, 0.25) is 11.8 Å². The number of hydrazine groups is 1. The minimum absolute atomic E-state index is 0.00712. The summed E-state index contributed by atoms with van der Waals surface area (Å²) < 4.78 is 46.5. The molecule has 3 N–H and O–H groups in total. The highest BCUT2D eigenvalue weighted by molar-refractivity contribution is 9.10. The number of aromatic hydroxyl groups is 1. The van der Waals surface area contributed by atoms with Crippen LogP contribution in [0.25, 0.3) is 0 Å². The number of halogens is 6. The molecule has 4 amide bonds. The quantitative estimate of drug-likeness (QED) is 0.123. The van der Waals surface area contributed by atoms with Gasteiger partial charge >= 0.3 is 12.1 Å². The van der Waals surface area contributed by atoms with E-state index in [4.69, 9.17) is 27.9 Å². The van der Waals surface area contributed by atoms with E-state index in [0.717, 1.165) is 4.90 Å². The summed E-state index contributed by atoms with van der Waals surface area (Å²) >= 11 is 16.0. The van der Waals surface area contributed by atoms with Gasteiger partial charge in [0.05, 0.1) is 52.1 Å². The number of carboxylic acid groups (broad SMARTS) is 1. The van der Waals surface area contributed by atoms with Crippen LogP contribution in [0.1, 0.15) is 45.8 Å². The maximum absolute atomic E-state index is 15.4. The van der Waals surface area contributed by atoms with Crippen molar-refractivity contribution < 1.29 is 52.1 Å². The summed E-state index contributed by atoms with van der Waals surface area (Å²) in [6, 6.07) is 15.2. The maximum Gasteiger partial charge on any atom is 0.417 e. The summed E-state index contributed by atoms with van der Waals surface area (Å²) in [6.45, 7) is 0. The molecule has 8 rings (SSSR count). The van der Waals surface area contributed by atoms with E-state index in [9.17, 15) is 42.6 Å². The van der Waals surface area contributed by atoms with Crippen molar-refractivity contribution in [3.8, 4) is 11.5 Å². The number of phenols is 1. The molecule has 6 atom stereocenters. The minimum Gasteiger partial charge on any atom is -0.504 e. The summed E-state index contributed by atoms with van der Waals surface area (Å²) in [5, 5.41) is 21.9. The zero-order valence-corrected chi connectivity index (χ0v) is 32.9. The SMILES string of the molecule is COc1cc(Br)cc([C@H]2C3=CC[C@@H]4C(=O)N(c5cccc(C(=O)O)c5)C(=O)[C@@H]4[C@@H]3C[C@H]3C(=O)N(Nc4ncc(C(F)(F)F)cc4Cl)C(=O)[C@@]23c2ccc(Cl)cc2)c1O. The largest absolute Gasteiger partial charge is 0.504 e. The third-order valence-corrected chi connectivity index (χ3v) is 12.5. The Bertz CT molecular complexity index is 2500. The average Bonchev–Trinajstić information content (AvgIpc) is 3.56. The van der Waals surface area contributed by atoms with Crippen LogP contribution in [0, 0.1) is 23.7 Å². The molecule has 2 aliphatic heterocycles. The number of fused-ring (bicyclic) bond motifs is 4. The second-order valence-electron chi connectivity index (χ2n) is 14.3. The first-order chi connectivity index (χ1) is 27.5. The number of alkyl halides is 3. The number of aromatic nitrogens is 1. The molecule has 4 aromatic rings. The average molecular weight is 900 g/mol. The van der Waals surface area contributed by atoms with Crippen molar-refractivity contribution in [2.75, 3.05) is 17.4 Å². The van der Waals surface area contributed by atoms with Crippen LogP contribution >= 0.6 is 39.1 Å². The normalized spacial score (nSPS) is 25.3. The molecule has 0 unspecified atom stereocenters. The summed E-state index contributed by atoms with van der Waals surface area (Å²) in [4.78, 5) is 75.6. The lowest BCUT2D eigenvalue weighted by Gasteiger charge is -2.50. The van der Waals surface area contributed by atoms with Crippen LogP contribution in [0.4, 0.5) is 24.7 Å². The number of nitrogens with zero attached hydrogens (tertiary/aromatic N) is 3. The number of carboxylic acids is 1. The summed E-state index contributed by atoms with van der Waals surface area (Å²) in [5.74, 6) is -10.5. The van der Waals surface area contributed by atoms with Gasteiger partial charge in [0.1, 0.15) is 0 Å². The van der Waals surface area contributed by atoms with Crippen LogP contribution in [0.15, 0.2) is 89.0 Å². The Morgan fingerprint density at radius 3 is 2.38 bits per heavy atom. The Morgan fingerprint density at radius 1 is 1.00 bits per heavy atom. The number of rotatable bonds is 7. The highest BCUT2D eigenvalue weighted by Crippen LogP contribution is 2.65. The zero-order valence-electron chi connectivity index (χ0n) is 29.8. The Kier molecular flexibility index (Phi) is 9.59. The molecule has 4 aliphatic rings. The van der Waals surface area contributed by atoms with Gasteiger partial charge in [0, 0.05) is 27.2 Å². The molecular weight excluding hydrogens is 872 g/mol. The van der Waals surface area contributed by atoms with Crippen molar-refractivity contribution >= 4 is 80.2 Å². The molecule has 3 fully saturated rings. The number of hydrogen-bond donors (Lipinski definition) is 3. The molecule has 2 saturated heterocycles. The first kappa shape index (κ1) is 39.4. The monoisotopic (exact) mass is 898 g/mol. The van der Waals surface area contributed by atoms with E-state index in [0.29, 0.717) is 32.3 Å². The lowest BCUT2D eigenvalue weighted by atomic mass is 9.49. The lowest BCUT2D eigenvalue weighted by molar-refractivity contribution is -0.139. The van der Waals surface area contributed by atoms with Gasteiger partial charge in [0.25, 0.3) is 11.8 Å². The number of methoxy groups -OCH3 is 1. The fraction of sp³-hybridized carbons (Fsp3) is 0.250. The second-order valence-corrected chi connectivity index (χ2v) is 16.1. The third kappa shape index (κ3) is 5.94. The molecule has 12 nitrogen and oxygen atoms in total. The van der Waals surface area contributed by atoms with Crippen molar-refractivity contribution in [1.29, 1.82) is 0 Å². The number of pyridine rings is 1. The van der Waals surface area contributed by atoms with Crippen molar-refractivity contribution in [1.82, 2.24) is 9.99 Å². The predicted octanol–water partition coefficient (Wildman–Crippen LogP) is 7.77. The van der Waals surface area contributed by atoms with E-state index >= 15 is 4.79 Å². The van der Waals surface area contributed by atoms with Gasteiger partial charge in [-0.1, -0.05) is 69.0 Å². The number of benzene rings is 3. The number of allylic oxidation sites excluding steroid dienone is 2.